The molecule has 146 valence electrons. The number of ether oxygens (including phenoxy) is 2. The van der Waals surface area contributed by atoms with Crippen LogP contribution in [0.3, 0.4) is 0 Å². The van der Waals surface area contributed by atoms with E-state index in [4.69, 9.17) is 14.5 Å². The standard InChI is InChI=1S/C19H27N5O3/c1-26-18-11-17(22-19(23-18)14-3-7-27-8-4-14)21-15-9-13(10-16(15)25)12-24-6-2-5-20-24/h2,5-6,11,13-16,25H,3-4,7-10,12H2,1H3,(H,21,22,23)/t13?,15-,16-/m1/s1. The third-order valence-electron chi connectivity index (χ3n) is 5.48. The van der Waals surface area contributed by atoms with E-state index in [9.17, 15) is 5.11 Å². The van der Waals surface area contributed by atoms with Crippen molar-refractivity contribution in [1.82, 2.24) is 19.7 Å². The van der Waals surface area contributed by atoms with Crippen LogP contribution in [0, 0.1) is 5.92 Å². The zero-order valence-electron chi connectivity index (χ0n) is 15.6. The van der Waals surface area contributed by atoms with Crippen molar-refractivity contribution < 1.29 is 14.6 Å². The first-order valence-corrected chi connectivity index (χ1v) is 9.64. The summed E-state index contributed by atoms with van der Waals surface area (Å²) in [5, 5.41) is 18.2. The Kier molecular flexibility index (Phi) is 5.54. The largest absolute Gasteiger partial charge is 0.481 e. The minimum atomic E-state index is -0.405. The van der Waals surface area contributed by atoms with Gasteiger partial charge in [-0.1, -0.05) is 0 Å². The molecule has 2 aliphatic rings. The monoisotopic (exact) mass is 373 g/mol. The second kappa shape index (κ2) is 8.22. The summed E-state index contributed by atoms with van der Waals surface area (Å²) in [6.07, 6.45) is 6.81. The average Bonchev–Trinajstić information content (AvgIpc) is 3.32. The fourth-order valence-corrected chi connectivity index (χ4v) is 4.05. The highest BCUT2D eigenvalue weighted by atomic mass is 16.5. The molecule has 3 atom stereocenters. The third-order valence-corrected chi connectivity index (χ3v) is 5.48. The first-order valence-electron chi connectivity index (χ1n) is 9.64. The second-order valence-electron chi connectivity index (χ2n) is 7.42. The Morgan fingerprint density at radius 1 is 1.30 bits per heavy atom. The normalized spacial score (nSPS) is 26.2. The number of methoxy groups -OCH3 is 1. The second-order valence-corrected chi connectivity index (χ2v) is 7.42. The topological polar surface area (TPSA) is 94.3 Å². The zero-order chi connectivity index (χ0) is 18.6. The summed E-state index contributed by atoms with van der Waals surface area (Å²) in [7, 11) is 1.62. The molecule has 2 fully saturated rings. The molecule has 2 aromatic rings. The van der Waals surface area contributed by atoms with Crippen molar-refractivity contribution in [3.8, 4) is 5.88 Å². The molecule has 0 radical (unpaired) electrons. The van der Waals surface area contributed by atoms with E-state index >= 15 is 0 Å². The predicted octanol–water partition coefficient (Wildman–Crippen LogP) is 1.83. The number of aliphatic hydroxyl groups is 1. The van der Waals surface area contributed by atoms with Crippen molar-refractivity contribution in [3.63, 3.8) is 0 Å². The molecular formula is C19H27N5O3. The molecule has 0 bridgehead atoms. The molecule has 2 N–H and O–H groups in total. The van der Waals surface area contributed by atoms with Gasteiger partial charge in [0.15, 0.2) is 0 Å². The fourth-order valence-electron chi connectivity index (χ4n) is 4.05. The van der Waals surface area contributed by atoms with Crippen molar-refractivity contribution in [3.05, 3.63) is 30.4 Å². The Labute approximate surface area is 158 Å². The highest BCUT2D eigenvalue weighted by Crippen LogP contribution is 2.31. The lowest BCUT2D eigenvalue weighted by Crippen LogP contribution is -2.29. The highest BCUT2D eigenvalue weighted by molar-refractivity contribution is 5.40. The van der Waals surface area contributed by atoms with E-state index in [1.54, 1.807) is 19.4 Å². The minimum absolute atomic E-state index is 0.0345. The van der Waals surface area contributed by atoms with E-state index in [0.29, 0.717) is 17.6 Å². The van der Waals surface area contributed by atoms with E-state index in [0.717, 1.165) is 51.3 Å². The molecule has 27 heavy (non-hydrogen) atoms. The maximum absolute atomic E-state index is 10.5. The molecule has 2 aromatic heterocycles. The van der Waals surface area contributed by atoms with Gasteiger partial charge in [-0.3, -0.25) is 4.68 Å². The van der Waals surface area contributed by atoms with Gasteiger partial charge in [-0.15, -0.1) is 0 Å². The number of anilines is 1. The lowest BCUT2D eigenvalue weighted by Gasteiger charge is -2.23. The number of rotatable bonds is 6. The van der Waals surface area contributed by atoms with Gasteiger partial charge in [0, 0.05) is 44.1 Å². The van der Waals surface area contributed by atoms with Crippen LogP contribution in [0.25, 0.3) is 0 Å². The summed E-state index contributed by atoms with van der Waals surface area (Å²) in [5.74, 6) is 2.73. The Morgan fingerprint density at radius 2 is 2.15 bits per heavy atom. The van der Waals surface area contributed by atoms with Gasteiger partial charge in [0.2, 0.25) is 5.88 Å². The molecule has 8 heteroatoms. The van der Waals surface area contributed by atoms with Gasteiger partial charge >= 0.3 is 0 Å². The zero-order valence-corrected chi connectivity index (χ0v) is 15.6. The van der Waals surface area contributed by atoms with Crippen LogP contribution in [-0.2, 0) is 11.3 Å². The minimum Gasteiger partial charge on any atom is -0.481 e. The lowest BCUT2D eigenvalue weighted by molar-refractivity contribution is 0.0834. The maximum atomic E-state index is 10.5. The summed E-state index contributed by atoms with van der Waals surface area (Å²) >= 11 is 0. The SMILES string of the molecule is COc1cc(N[C@@H]2CC(Cn3cccn3)C[C@H]2O)nc(C2CCOCC2)n1. The molecule has 3 heterocycles. The number of aromatic nitrogens is 4. The van der Waals surface area contributed by atoms with Crippen LogP contribution >= 0.6 is 0 Å². The molecule has 1 aliphatic heterocycles. The van der Waals surface area contributed by atoms with Gasteiger partial charge < -0.3 is 19.9 Å². The van der Waals surface area contributed by atoms with Crippen molar-refractivity contribution in [2.45, 2.75) is 50.3 Å². The smallest absolute Gasteiger partial charge is 0.218 e. The molecule has 1 saturated heterocycles. The quantitative estimate of drug-likeness (QED) is 0.798. The highest BCUT2D eigenvalue weighted by Gasteiger charge is 2.33. The van der Waals surface area contributed by atoms with Crippen LogP contribution in [0.4, 0.5) is 5.82 Å². The molecule has 1 unspecified atom stereocenters. The van der Waals surface area contributed by atoms with Crippen molar-refractivity contribution in [1.29, 1.82) is 0 Å². The van der Waals surface area contributed by atoms with Gasteiger partial charge in [0.1, 0.15) is 11.6 Å². The predicted molar refractivity (Wildman–Crippen MR) is 99.7 cm³/mol. The van der Waals surface area contributed by atoms with Crippen LogP contribution in [-0.4, -0.2) is 57.3 Å². The third kappa shape index (κ3) is 4.39. The number of nitrogens with one attached hydrogen (secondary N) is 1. The number of nitrogens with zero attached hydrogens (tertiary/aromatic N) is 4. The summed E-state index contributed by atoms with van der Waals surface area (Å²) in [5.41, 5.74) is 0. The average molecular weight is 373 g/mol. The molecule has 4 rings (SSSR count). The number of aliphatic hydroxyl groups excluding tert-OH is 1. The molecular weight excluding hydrogens is 346 g/mol. The van der Waals surface area contributed by atoms with Gasteiger partial charge in [0.25, 0.3) is 0 Å². The first kappa shape index (κ1) is 18.2. The van der Waals surface area contributed by atoms with Gasteiger partial charge in [0.05, 0.1) is 19.3 Å². The Morgan fingerprint density at radius 3 is 2.89 bits per heavy atom. The molecule has 0 spiro atoms. The Bertz CT molecular complexity index is 733. The van der Waals surface area contributed by atoms with Crippen LogP contribution in [0.2, 0.25) is 0 Å². The summed E-state index contributed by atoms with van der Waals surface area (Å²) in [4.78, 5) is 9.25. The van der Waals surface area contributed by atoms with E-state index in [2.05, 4.69) is 15.4 Å². The molecule has 0 amide bonds. The van der Waals surface area contributed by atoms with E-state index in [-0.39, 0.29) is 12.0 Å². The Balaban J connectivity index is 1.44. The molecule has 8 nitrogen and oxygen atoms in total. The van der Waals surface area contributed by atoms with Crippen molar-refractivity contribution >= 4 is 5.82 Å². The van der Waals surface area contributed by atoms with Crippen molar-refractivity contribution in [2.75, 3.05) is 25.6 Å². The first-order chi connectivity index (χ1) is 13.2. The van der Waals surface area contributed by atoms with E-state index in [1.807, 2.05) is 16.9 Å². The van der Waals surface area contributed by atoms with Crippen LogP contribution in [0.15, 0.2) is 24.5 Å². The van der Waals surface area contributed by atoms with Crippen molar-refractivity contribution in [2.24, 2.45) is 5.92 Å². The molecule has 0 aromatic carbocycles. The molecule has 1 saturated carbocycles. The summed E-state index contributed by atoms with van der Waals surface area (Å²) in [6, 6.07) is 3.69. The van der Waals surface area contributed by atoms with E-state index < -0.39 is 6.10 Å². The summed E-state index contributed by atoms with van der Waals surface area (Å²) < 4.78 is 12.7. The van der Waals surface area contributed by atoms with Crippen LogP contribution in [0.1, 0.15) is 37.4 Å². The fraction of sp³-hybridized carbons (Fsp3) is 0.632. The van der Waals surface area contributed by atoms with Crippen LogP contribution in [0.5, 0.6) is 5.88 Å². The summed E-state index contributed by atoms with van der Waals surface area (Å²) in [6.45, 7) is 2.30. The maximum Gasteiger partial charge on any atom is 0.218 e. The number of hydrogen-bond donors (Lipinski definition) is 2. The number of hydrogen-bond acceptors (Lipinski definition) is 7. The molecule has 1 aliphatic carbocycles. The Hall–Kier alpha value is -2.19. The van der Waals surface area contributed by atoms with Gasteiger partial charge in [-0.2, -0.15) is 10.1 Å². The lowest BCUT2D eigenvalue weighted by atomic mass is 9.99. The van der Waals surface area contributed by atoms with Gasteiger partial charge in [-0.25, -0.2) is 4.98 Å². The van der Waals surface area contributed by atoms with Crippen LogP contribution < -0.4 is 10.1 Å². The van der Waals surface area contributed by atoms with Gasteiger partial charge in [-0.05, 0) is 37.7 Å². The van der Waals surface area contributed by atoms with E-state index in [1.165, 1.54) is 0 Å².